The van der Waals surface area contributed by atoms with Crippen molar-refractivity contribution in [2.75, 3.05) is 20.2 Å². The summed E-state index contributed by atoms with van der Waals surface area (Å²) < 4.78 is 5.29. The average Bonchev–Trinajstić information content (AvgIpc) is 2.80. The lowest BCUT2D eigenvalue weighted by molar-refractivity contribution is -0.142. The Morgan fingerprint density at radius 1 is 1.12 bits per heavy atom. The van der Waals surface area contributed by atoms with Gasteiger partial charge in [0.05, 0.1) is 7.11 Å². The van der Waals surface area contributed by atoms with E-state index in [1.807, 2.05) is 54.6 Å². The summed E-state index contributed by atoms with van der Waals surface area (Å²) >= 11 is 0. The van der Waals surface area contributed by atoms with Gasteiger partial charge in [-0.3, -0.25) is 9.69 Å². The molecule has 0 aromatic heterocycles. The largest absolute Gasteiger partial charge is 0.497 e. The molecule has 0 saturated carbocycles. The lowest BCUT2D eigenvalue weighted by atomic mass is 10.1. The molecule has 0 fully saturated rings. The van der Waals surface area contributed by atoms with Crippen molar-refractivity contribution in [2.45, 2.75) is 44.7 Å². The lowest BCUT2D eigenvalue weighted by Crippen LogP contribution is -2.41. The molecule has 0 aliphatic carbocycles. The number of nitrogens with zero attached hydrogens (tertiary/aromatic N) is 1. The summed E-state index contributed by atoms with van der Waals surface area (Å²) in [5.74, 6) is -0.390. The highest BCUT2D eigenvalue weighted by molar-refractivity contribution is 5.83. The van der Waals surface area contributed by atoms with Crippen LogP contribution in [0, 0.1) is 0 Å². The molecule has 6 heteroatoms. The van der Waals surface area contributed by atoms with Crippen LogP contribution in [0.4, 0.5) is 0 Å². The molecule has 32 heavy (non-hydrogen) atoms. The van der Waals surface area contributed by atoms with Gasteiger partial charge < -0.3 is 15.2 Å². The van der Waals surface area contributed by atoms with Crippen LogP contribution < -0.4 is 10.1 Å². The molecule has 0 bridgehead atoms. The molecule has 0 spiro atoms. The molecule has 0 heterocycles. The van der Waals surface area contributed by atoms with Crippen LogP contribution in [0.1, 0.15) is 36.8 Å². The first-order valence-electron chi connectivity index (χ1n) is 11.0. The van der Waals surface area contributed by atoms with Crippen molar-refractivity contribution in [3.05, 3.63) is 78.4 Å². The van der Waals surface area contributed by atoms with Crippen LogP contribution in [0.2, 0.25) is 0 Å². The number of hydrogen-bond acceptors (Lipinski definition) is 4. The Morgan fingerprint density at radius 2 is 1.88 bits per heavy atom. The normalized spacial score (nSPS) is 11.7. The first-order chi connectivity index (χ1) is 15.5. The summed E-state index contributed by atoms with van der Waals surface area (Å²) in [5, 5.41) is 12.2. The molecule has 0 aliphatic rings. The molecule has 1 atom stereocenters. The number of aliphatic carboxylic acids is 1. The van der Waals surface area contributed by atoms with Crippen molar-refractivity contribution < 1.29 is 19.4 Å². The van der Waals surface area contributed by atoms with E-state index in [1.165, 1.54) is 0 Å². The van der Waals surface area contributed by atoms with Gasteiger partial charge in [-0.25, -0.2) is 4.79 Å². The number of hydrogen-bond donors (Lipinski definition) is 2. The van der Waals surface area contributed by atoms with Crippen LogP contribution in [-0.2, 0) is 22.6 Å². The van der Waals surface area contributed by atoms with Gasteiger partial charge in [-0.15, -0.1) is 6.58 Å². The van der Waals surface area contributed by atoms with E-state index in [-0.39, 0.29) is 12.3 Å². The van der Waals surface area contributed by atoms with Crippen LogP contribution in [0.5, 0.6) is 5.75 Å². The molecular formula is C26H34N2O4. The first kappa shape index (κ1) is 25.1. The average molecular weight is 439 g/mol. The zero-order valence-electron chi connectivity index (χ0n) is 18.8. The molecule has 2 rings (SSSR count). The summed E-state index contributed by atoms with van der Waals surface area (Å²) in [6.45, 7) is 6.16. The molecule has 0 radical (unpaired) electrons. The number of unbranched alkanes of at least 4 members (excludes halogenated alkanes) is 1. The predicted molar refractivity (Wildman–Crippen MR) is 127 cm³/mol. The maximum atomic E-state index is 12.2. The highest BCUT2D eigenvalue weighted by Gasteiger charge is 2.19. The minimum atomic E-state index is -0.989. The van der Waals surface area contributed by atoms with Crippen molar-refractivity contribution in [3.63, 3.8) is 0 Å². The highest BCUT2D eigenvalue weighted by atomic mass is 16.5. The predicted octanol–water partition coefficient (Wildman–Crippen LogP) is 4.06. The van der Waals surface area contributed by atoms with Gasteiger partial charge in [-0.05, 0) is 55.5 Å². The lowest BCUT2D eigenvalue weighted by Gasteiger charge is -2.21. The topological polar surface area (TPSA) is 78.9 Å². The van der Waals surface area contributed by atoms with Gasteiger partial charge in [0.15, 0.2) is 0 Å². The van der Waals surface area contributed by atoms with Gasteiger partial charge in [0.2, 0.25) is 5.91 Å². The van der Waals surface area contributed by atoms with Crippen LogP contribution in [0.25, 0.3) is 0 Å². The van der Waals surface area contributed by atoms with Crippen molar-refractivity contribution >= 4 is 11.9 Å². The molecule has 2 aromatic rings. The molecule has 6 nitrogen and oxygen atoms in total. The second kappa shape index (κ2) is 14.0. The van der Waals surface area contributed by atoms with Crippen LogP contribution in [0.3, 0.4) is 0 Å². The fourth-order valence-corrected chi connectivity index (χ4v) is 3.56. The van der Waals surface area contributed by atoms with Crippen molar-refractivity contribution in [2.24, 2.45) is 0 Å². The number of benzene rings is 2. The minimum Gasteiger partial charge on any atom is -0.497 e. The van der Waals surface area contributed by atoms with E-state index in [1.54, 1.807) is 7.11 Å². The standard InChI is InChI=1S/C26H34N2O4/c1-3-17-28(20-22-12-9-13-23(19-22)32-2)18-8-7-14-24(26(30)31)27-25(29)16-15-21-10-5-4-6-11-21/h3-6,9-13,19,24H,1,7-8,14-18,20H2,2H3,(H,27,29)(H,30,31). The van der Waals surface area contributed by atoms with Gasteiger partial charge in [0.25, 0.3) is 0 Å². The number of amides is 1. The third-order valence-corrected chi connectivity index (χ3v) is 5.26. The van der Waals surface area contributed by atoms with Gasteiger partial charge in [0.1, 0.15) is 11.8 Å². The van der Waals surface area contributed by atoms with E-state index in [0.29, 0.717) is 19.3 Å². The van der Waals surface area contributed by atoms with Gasteiger partial charge in [-0.2, -0.15) is 0 Å². The van der Waals surface area contributed by atoms with E-state index in [0.717, 1.165) is 42.9 Å². The third kappa shape index (κ3) is 9.35. The molecule has 1 unspecified atom stereocenters. The highest BCUT2D eigenvalue weighted by Crippen LogP contribution is 2.15. The SMILES string of the molecule is C=CCN(CCCCC(NC(=O)CCc1ccccc1)C(=O)O)Cc1cccc(OC)c1. The minimum absolute atomic E-state index is 0.229. The van der Waals surface area contributed by atoms with Gasteiger partial charge >= 0.3 is 5.97 Å². The summed E-state index contributed by atoms with van der Waals surface area (Å²) in [6.07, 6.45) is 4.70. The Balaban J connectivity index is 1.76. The molecule has 0 aliphatic heterocycles. The fourth-order valence-electron chi connectivity index (χ4n) is 3.56. The number of carbonyl (C=O) groups excluding carboxylic acids is 1. The molecule has 172 valence electrons. The Bertz CT molecular complexity index is 854. The molecular weight excluding hydrogens is 404 g/mol. The zero-order valence-corrected chi connectivity index (χ0v) is 18.8. The van der Waals surface area contributed by atoms with Gasteiger partial charge in [0, 0.05) is 19.5 Å². The van der Waals surface area contributed by atoms with E-state index < -0.39 is 12.0 Å². The quantitative estimate of drug-likeness (QED) is 0.324. The van der Waals surface area contributed by atoms with E-state index in [4.69, 9.17) is 4.74 Å². The van der Waals surface area contributed by atoms with E-state index in [2.05, 4.69) is 22.9 Å². The smallest absolute Gasteiger partial charge is 0.326 e. The number of carboxylic acid groups (broad SMARTS) is 1. The second-order valence-electron chi connectivity index (χ2n) is 7.82. The monoisotopic (exact) mass is 438 g/mol. The number of carbonyl (C=O) groups is 2. The Kier molecular flexibility index (Phi) is 11.0. The Labute approximate surface area is 190 Å². The number of ether oxygens (including phenoxy) is 1. The molecule has 2 aromatic carbocycles. The molecule has 2 N–H and O–H groups in total. The maximum Gasteiger partial charge on any atom is 0.326 e. The van der Waals surface area contributed by atoms with E-state index in [9.17, 15) is 14.7 Å². The van der Waals surface area contributed by atoms with Gasteiger partial charge in [-0.1, -0.05) is 48.5 Å². The number of methoxy groups -OCH3 is 1. The summed E-state index contributed by atoms with van der Waals surface area (Å²) in [7, 11) is 1.65. The van der Waals surface area contributed by atoms with Crippen molar-refractivity contribution in [1.82, 2.24) is 10.2 Å². The summed E-state index contributed by atoms with van der Waals surface area (Å²) in [4.78, 5) is 26.1. The number of nitrogens with one attached hydrogen (secondary N) is 1. The first-order valence-corrected chi connectivity index (χ1v) is 11.0. The van der Waals surface area contributed by atoms with E-state index >= 15 is 0 Å². The number of carboxylic acids is 1. The summed E-state index contributed by atoms with van der Waals surface area (Å²) in [6, 6.07) is 16.8. The van der Waals surface area contributed by atoms with Crippen LogP contribution in [0.15, 0.2) is 67.3 Å². The van der Waals surface area contributed by atoms with Crippen molar-refractivity contribution in [1.29, 1.82) is 0 Å². The Hall–Kier alpha value is -3.12. The Morgan fingerprint density at radius 3 is 2.56 bits per heavy atom. The third-order valence-electron chi connectivity index (χ3n) is 5.26. The molecule has 0 saturated heterocycles. The number of rotatable bonds is 15. The zero-order chi connectivity index (χ0) is 23.2. The maximum absolute atomic E-state index is 12.2. The van der Waals surface area contributed by atoms with Crippen LogP contribution in [-0.4, -0.2) is 48.1 Å². The number of aryl methyl sites for hydroxylation is 1. The fraction of sp³-hybridized carbons (Fsp3) is 0.385. The summed E-state index contributed by atoms with van der Waals surface area (Å²) in [5.41, 5.74) is 2.22. The molecule has 1 amide bonds. The second-order valence-corrected chi connectivity index (χ2v) is 7.82. The van der Waals surface area contributed by atoms with Crippen molar-refractivity contribution in [3.8, 4) is 5.75 Å². The van der Waals surface area contributed by atoms with Crippen LogP contribution >= 0.6 is 0 Å².